The number of rotatable bonds is 6. The summed E-state index contributed by atoms with van der Waals surface area (Å²) in [5.41, 5.74) is 0. The number of nitrogens with zero attached hydrogens (tertiary/aromatic N) is 1. The summed E-state index contributed by atoms with van der Waals surface area (Å²) in [6, 6.07) is 0.777. The van der Waals surface area contributed by atoms with E-state index in [0.717, 1.165) is 12.5 Å². The van der Waals surface area contributed by atoms with Crippen LogP contribution in [-0.2, 0) is 0 Å². The van der Waals surface area contributed by atoms with Gasteiger partial charge in [-0.05, 0) is 45.2 Å². The number of likely N-dealkylation sites (tertiary alicyclic amines) is 1. The molecule has 0 aliphatic carbocycles. The highest BCUT2D eigenvalue weighted by atomic mass is 16.2. The molecule has 2 nitrogen and oxygen atoms in total. The van der Waals surface area contributed by atoms with Crippen LogP contribution < -0.4 is 0 Å². The van der Waals surface area contributed by atoms with E-state index in [1.54, 1.807) is 0 Å². The summed E-state index contributed by atoms with van der Waals surface area (Å²) in [5.74, 6) is 0. The normalized spacial score (nSPS) is 24.0. The quantitative estimate of drug-likeness (QED) is 0.684. The van der Waals surface area contributed by atoms with Gasteiger partial charge in [-0.3, -0.25) is 0 Å². The van der Waals surface area contributed by atoms with Gasteiger partial charge in [-0.1, -0.05) is 13.3 Å². The van der Waals surface area contributed by atoms with Gasteiger partial charge in [-0.25, -0.2) is 0 Å². The highest BCUT2D eigenvalue weighted by molar-refractivity contribution is 4.78. The van der Waals surface area contributed by atoms with Crippen LogP contribution in [0.15, 0.2) is 0 Å². The van der Waals surface area contributed by atoms with E-state index in [4.69, 9.17) is 5.11 Å². The molecule has 1 rings (SSSR count). The van der Waals surface area contributed by atoms with E-state index >= 15 is 0 Å². The maximum atomic E-state index is 8.77. The number of aliphatic hydroxyl groups excluding tert-OH is 1. The Kier molecular flexibility index (Phi) is 5.40. The van der Waals surface area contributed by atoms with Crippen molar-refractivity contribution in [3.8, 4) is 0 Å². The van der Waals surface area contributed by atoms with Crippen LogP contribution >= 0.6 is 0 Å². The Balaban J connectivity index is 2.18. The number of hydrogen-bond donors (Lipinski definition) is 1. The first-order valence-corrected chi connectivity index (χ1v) is 5.73. The van der Waals surface area contributed by atoms with Crippen molar-refractivity contribution in [2.24, 2.45) is 0 Å². The topological polar surface area (TPSA) is 23.5 Å². The molecule has 0 aromatic rings. The van der Waals surface area contributed by atoms with E-state index in [2.05, 4.69) is 11.8 Å². The molecule has 1 heterocycles. The number of unbranched alkanes of at least 4 members (excludes halogenated alkanes) is 1. The monoisotopic (exact) mass is 185 g/mol. The molecule has 0 unspecified atom stereocenters. The van der Waals surface area contributed by atoms with Gasteiger partial charge >= 0.3 is 0 Å². The molecule has 0 aromatic heterocycles. The van der Waals surface area contributed by atoms with Gasteiger partial charge in [0, 0.05) is 12.6 Å². The fraction of sp³-hybridized carbons (Fsp3) is 1.00. The zero-order valence-corrected chi connectivity index (χ0v) is 8.84. The van der Waals surface area contributed by atoms with Crippen LogP contribution in [-0.4, -0.2) is 35.7 Å². The third-order valence-corrected chi connectivity index (χ3v) is 2.99. The van der Waals surface area contributed by atoms with E-state index < -0.39 is 0 Å². The average Bonchev–Trinajstić information content (AvgIpc) is 2.59. The highest BCUT2D eigenvalue weighted by Crippen LogP contribution is 2.21. The summed E-state index contributed by atoms with van der Waals surface area (Å²) in [4.78, 5) is 2.61. The number of hydrogen-bond acceptors (Lipinski definition) is 2. The molecule has 1 fully saturated rings. The van der Waals surface area contributed by atoms with Crippen LogP contribution in [0.25, 0.3) is 0 Å². The van der Waals surface area contributed by atoms with E-state index in [1.165, 1.54) is 45.2 Å². The van der Waals surface area contributed by atoms with Gasteiger partial charge < -0.3 is 10.0 Å². The summed E-state index contributed by atoms with van der Waals surface area (Å²) in [6.07, 6.45) is 7.51. The lowest BCUT2D eigenvalue weighted by molar-refractivity contribution is 0.214. The van der Waals surface area contributed by atoms with Crippen LogP contribution in [0, 0.1) is 0 Å². The second kappa shape index (κ2) is 6.39. The SMILES string of the molecule is CCCCN1CCC[C@H]1CCCO. The third kappa shape index (κ3) is 3.65. The van der Waals surface area contributed by atoms with Crippen molar-refractivity contribution in [1.29, 1.82) is 0 Å². The molecule has 0 aromatic carbocycles. The Labute approximate surface area is 81.9 Å². The Hall–Kier alpha value is -0.0800. The summed E-state index contributed by atoms with van der Waals surface area (Å²) >= 11 is 0. The Morgan fingerprint density at radius 1 is 1.38 bits per heavy atom. The third-order valence-electron chi connectivity index (χ3n) is 2.99. The Morgan fingerprint density at radius 3 is 2.92 bits per heavy atom. The van der Waals surface area contributed by atoms with Gasteiger partial charge in [0.15, 0.2) is 0 Å². The van der Waals surface area contributed by atoms with Gasteiger partial charge in [0.05, 0.1) is 0 Å². The largest absolute Gasteiger partial charge is 0.396 e. The maximum Gasteiger partial charge on any atom is 0.0431 e. The number of aliphatic hydroxyl groups is 1. The Morgan fingerprint density at radius 2 is 2.23 bits per heavy atom. The van der Waals surface area contributed by atoms with Gasteiger partial charge in [0.2, 0.25) is 0 Å². The fourth-order valence-electron chi connectivity index (χ4n) is 2.20. The zero-order valence-electron chi connectivity index (χ0n) is 8.84. The molecule has 1 aliphatic heterocycles. The van der Waals surface area contributed by atoms with Crippen molar-refractivity contribution < 1.29 is 5.11 Å². The first-order valence-electron chi connectivity index (χ1n) is 5.73. The van der Waals surface area contributed by atoms with Gasteiger partial charge in [0.1, 0.15) is 0 Å². The molecule has 78 valence electrons. The van der Waals surface area contributed by atoms with E-state index in [0.29, 0.717) is 6.61 Å². The van der Waals surface area contributed by atoms with Crippen LogP contribution in [0.2, 0.25) is 0 Å². The van der Waals surface area contributed by atoms with E-state index in [1.807, 2.05) is 0 Å². The lowest BCUT2D eigenvalue weighted by Gasteiger charge is -2.23. The lowest BCUT2D eigenvalue weighted by Crippen LogP contribution is -2.30. The smallest absolute Gasteiger partial charge is 0.0431 e. The molecule has 0 saturated carbocycles. The standard InChI is InChI=1S/C11H23NO/c1-2-3-8-12-9-4-6-11(12)7-5-10-13/h11,13H,2-10H2,1H3/t11-/m0/s1. The van der Waals surface area contributed by atoms with Crippen molar-refractivity contribution in [3.63, 3.8) is 0 Å². The summed E-state index contributed by atoms with van der Waals surface area (Å²) in [7, 11) is 0. The minimum Gasteiger partial charge on any atom is -0.396 e. The van der Waals surface area contributed by atoms with Crippen molar-refractivity contribution in [3.05, 3.63) is 0 Å². The van der Waals surface area contributed by atoms with E-state index in [9.17, 15) is 0 Å². The minimum absolute atomic E-state index is 0.359. The molecule has 1 aliphatic rings. The first kappa shape index (κ1) is 11.0. The molecule has 0 bridgehead atoms. The summed E-state index contributed by atoms with van der Waals surface area (Å²) in [6.45, 7) is 5.17. The van der Waals surface area contributed by atoms with Crippen molar-refractivity contribution in [2.45, 2.75) is 51.5 Å². The molecular weight excluding hydrogens is 162 g/mol. The van der Waals surface area contributed by atoms with Crippen molar-refractivity contribution in [2.75, 3.05) is 19.7 Å². The summed E-state index contributed by atoms with van der Waals surface area (Å²) in [5, 5.41) is 8.77. The van der Waals surface area contributed by atoms with Crippen LogP contribution in [0.4, 0.5) is 0 Å². The van der Waals surface area contributed by atoms with E-state index in [-0.39, 0.29) is 0 Å². The van der Waals surface area contributed by atoms with Crippen LogP contribution in [0.3, 0.4) is 0 Å². The average molecular weight is 185 g/mol. The molecule has 0 amide bonds. The molecule has 1 saturated heterocycles. The Bertz CT molecular complexity index is 113. The van der Waals surface area contributed by atoms with Crippen LogP contribution in [0.5, 0.6) is 0 Å². The predicted molar refractivity (Wildman–Crippen MR) is 55.8 cm³/mol. The van der Waals surface area contributed by atoms with Gasteiger partial charge in [0.25, 0.3) is 0 Å². The molecule has 13 heavy (non-hydrogen) atoms. The lowest BCUT2D eigenvalue weighted by atomic mass is 10.1. The van der Waals surface area contributed by atoms with Gasteiger partial charge in [-0.15, -0.1) is 0 Å². The molecule has 0 spiro atoms. The maximum absolute atomic E-state index is 8.77. The molecule has 1 N–H and O–H groups in total. The molecule has 0 radical (unpaired) electrons. The van der Waals surface area contributed by atoms with Crippen molar-refractivity contribution in [1.82, 2.24) is 4.90 Å². The first-order chi connectivity index (χ1) is 6.38. The second-order valence-corrected chi connectivity index (χ2v) is 4.05. The fourth-order valence-corrected chi connectivity index (χ4v) is 2.20. The minimum atomic E-state index is 0.359. The van der Waals surface area contributed by atoms with Gasteiger partial charge in [-0.2, -0.15) is 0 Å². The molecule has 1 atom stereocenters. The molecular formula is C11H23NO. The predicted octanol–water partition coefficient (Wildman–Crippen LogP) is 2.02. The second-order valence-electron chi connectivity index (χ2n) is 4.05. The summed E-state index contributed by atoms with van der Waals surface area (Å²) < 4.78 is 0. The highest BCUT2D eigenvalue weighted by Gasteiger charge is 2.22. The zero-order chi connectivity index (χ0) is 9.52. The van der Waals surface area contributed by atoms with Crippen LogP contribution in [0.1, 0.15) is 45.4 Å². The van der Waals surface area contributed by atoms with Crippen molar-refractivity contribution >= 4 is 0 Å². The molecule has 2 heteroatoms.